The molecule has 0 aromatic heterocycles. The number of fused-ring (bicyclic) bond motifs is 1. The third kappa shape index (κ3) is 4.50. The first-order valence-corrected chi connectivity index (χ1v) is 9.83. The molecule has 3 aromatic carbocycles. The monoisotopic (exact) mass is 442 g/mol. The summed E-state index contributed by atoms with van der Waals surface area (Å²) in [6.45, 7) is 0.763. The van der Waals surface area contributed by atoms with Crippen LogP contribution in [0.3, 0.4) is 0 Å². The fourth-order valence-corrected chi connectivity index (χ4v) is 3.21. The van der Waals surface area contributed by atoms with Crippen molar-refractivity contribution < 1.29 is 19.1 Å². The highest BCUT2D eigenvalue weighted by atomic mass is 35.5. The number of ketones is 1. The standard InChI is InChI=1S/C22H16Cl2N2O4/c23-14-3-1-13(2-4-14)21(27)17-11-19-20(30-10-9-29-19)12-18(17)26-22(28)25-16-7-5-15(24)6-8-16/h1-8,11-12H,9-10H2,(H2,25,26,28). The highest BCUT2D eigenvalue weighted by Gasteiger charge is 2.22. The van der Waals surface area contributed by atoms with E-state index in [1.807, 2.05) is 0 Å². The molecule has 2 N–H and O–H groups in total. The Morgan fingerprint density at radius 1 is 0.767 bits per heavy atom. The van der Waals surface area contributed by atoms with Gasteiger partial charge in [-0.05, 0) is 54.6 Å². The van der Waals surface area contributed by atoms with Crippen molar-refractivity contribution in [2.45, 2.75) is 0 Å². The second kappa shape index (κ2) is 8.65. The van der Waals surface area contributed by atoms with Crippen molar-refractivity contribution in [3.05, 3.63) is 81.8 Å². The lowest BCUT2D eigenvalue weighted by molar-refractivity contribution is 0.103. The third-order valence-corrected chi connectivity index (χ3v) is 4.89. The second-order valence-corrected chi connectivity index (χ2v) is 7.34. The number of ether oxygens (including phenoxy) is 2. The van der Waals surface area contributed by atoms with Gasteiger partial charge in [0.2, 0.25) is 0 Å². The smallest absolute Gasteiger partial charge is 0.323 e. The number of carbonyl (C=O) groups is 2. The van der Waals surface area contributed by atoms with Crippen LogP contribution in [0.25, 0.3) is 0 Å². The highest BCUT2D eigenvalue weighted by molar-refractivity contribution is 6.31. The van der Waals surface area contributed by atoms with E-state index in [9.17, 15) is 9.59 Å². The topological polar surface area (TPSA) is 76.7 Å². The van der Waals surface area contributed by atoms with E-state index in [-0.39, 0.29) is 11.3 Å². The lowest BCUT2D eigenvalue weighted by atomic mass is 10.0. The molecule has 0 spiro atoms. The Hall–Kier alpha value is -3.22. The van der Waals surface area contributed by atoms with Gasteiger partial charge in [0.05, 0.1) is 11.3 Å². The summed E-state index contributed by atoms with van der Waals surface area (Å²) in [5.74, 6) is 0.614. The average molecular weight is 443 g/mol. The maximum atomic E-state index is 13.1. The Kier molecular flexibility index (Phi) is 5.79. The molecule has 0 atom stereocenters. The number of benzene rings is 3. The lowest BCUT2D eigenvalue weighted by Crippen LogP contribution is -2.22. The normalized spacial score (nSPS) is 12.2. The summed E-state index contributed by atoms with van der Waals surface area (Å²) in [7, 11) is 0. The number of nitrogens with one attached hydrogen (secondary N) is 2. The Morgan fingerprint density at radius 2 is 1.33 bits per heavy atom. The highest BCUT2D eigenvalue weighted by Crippen LogP contribution is 2.36. The molecule has 6 nitrogen and oxygen atoms in total. The van der Waals surface area contributed by atoms with Crippen molar-refractivity contribution in [3.8, 4) is 11.5 Å². The minimum absolute atomic E-state index is 0.271. The fourth-order valence-electron chi connectivity index (χ4n) is 2.95. The van der Waals surface area contributed by atoms with Crippen LogP contribution in [0.1, 0.15) is 15.9 Å². The van der Waals surface area contributed by atoms with Crippen LogP contribution in [-0.2, 0) is 0 Å². The SMILES string of the molecule is O=C(Nc1ccc(Cl)cc1)Nc1cc2c(cc1C(=O)c1ccc(Cl)cc1)OCCO2. The third-order valence-electron chi connectivity index (χ3n) is 4.38. The van der Waals surface area contributed by atoms with Crippen LogP contribution in [0.4, 0.5) is 16.2 Å². The Morgan fingerprint density at radius 3 is 1.97 bits per heavy atom. The van der Waals surface area contributed by atoms with Crippen LogP contribution in [0.2, 0.25) is 10.0 Å². The van der Waals surface area contributed by atoms with E-state index in [0.29, 0.717) is 51.7 Å². The summed E-state index contributed by atoms with van der Waals surface area (Å²) in [5.41, 5.74) is 1.55. The van der Waals surface area contributed by atoms with E-state index in [4.69, 9.17) is 32.7 Å². The molecule has 0 saturated carbocycles. The number of hydrogen-bond acceptors (Lipinski definition) is 4. The zero-order chi connectivity index (χ0) is 21.1. The van der Waals surface area contributed by atoms with Gasteiger partial charge in [0.1, 0.15) is 13.2 Å². The number of halogens is 2. The number of amides is 2. The molecule has 3 aromatic rings. The molecule has 8 heteroatoms. The Labute approximate surface area is 182 Å². The summed E-state index contributed by atoms with van der Waals surface area (Å²) in [6, 6.07) is 15.8. The number of hydrogen-bond donors (Lipinski definition) is 2. The van der Waals surface area contributed by atoms with E-state index in [1.165, 1.54) is 0 Å². The maximum Gasteiger partial charge on any atom is 0.323 e. The van der Waals surface area contributed by atoms with Gasteiger partial charge in [0, 0.05) is 27.4 Å². The van der Waals surface area contributed by atoms with Gasteiger partial charge in [0.15, 0.2) is 17.3 Å². The van der Waals surface area contributed by atoms with Crippen molar-refractivity contribution in [2.75, 3.05) is 23.8 Å². The molecule has 2 amide bonds. The summed E-state index contributed by atoms with van der Waals surface area (Å²) in [6.07, 6.45) is 0. The maximum absolute atomic E-state index is 13.1. The van der Waals surface area contributed by atoms with Crippen LogP contribution >= 0.6 is 23.2 Å². The molecular formula is C22H16Cl2N2O4. The predicted molar refractivity (Wildman–Crippen MR) is 116 cm³/mol. The van der Waals surface area contributed by atoms with Gasteiger partial charge in [-0.2, -0.15) is 0 Å². The van der Waals surface area contributed by atoms with E-state index in [0.717, 1.165) is 0 Å². The average Bonchev–Trinajstić information content (AvgIpc) is 2.75. The van der Waals surface area contributed by atoms with Gasteiger partial charge in [-0.3, -0.25) is 4.79 Å². The minimum Gasteiger partial charge on any atom is -0.486 e. The molecule has 4 rings (SSSR count). The number of rotatable bonds is 4. The van der Waals surface area contributed by atoms with E-state index in [2.05, 4.69) is 10.6 Å². The molecule has 0 bridgehead atoms. The molecule has 1 aliphatic heterocycles. The van der Waals surface area contributed by atoms with Gasteiger partial charge in [-0.25, -0.2) is 4.79 Å². The van der Waals surface area contributed by atoms with Gasteiger partial charge in [-0.15, -0.1) is 0 Å². The van der Waals surface area contributed by atoms with Gasteiger partial charge in [-0.1, -0.05) is 23.2 Å². The van der Waals surface area contributed by atoms with E-state index >= 15 is 0 Å². The molecule has 1 heterocycles. The van der Waals surface area contributed by atoms with Gasteiger partial charge < -0.3 is 20.1 Å². The fraction of sp³-hybridized carbons (Fsp3) is 0.0909. The molecular weight excluding hydrogens is 427 g/mol. The van der Waals surface area contributed by atoms with E-state index in [1.54, 1.807) is 60.7 Å². The van der Waals surface area contributed by atoms with Crippen LogP contribution in [0, 0.1) is 0 Å². The first-order valence-electron chi connectivity index (χ1n) is 9.07. The van der Waals surface area contributed by atoms with Crippen molar-refractivity contribution >= 4 is 46.4 Å². The largest absolute Gasteiger partial charge is 0.486 e. The summed E-state index contributed by atoms with van der Waals surface area (Å²) < 4.78 is 11.2. The summed E-state index contributed by atoms with van der Waals surface area (Å²) in [5, 5.41) is 6.50. The van der Waals surface area contributed by atoms with Crippen molar-refractivity contribution in [1.29, 1.82) is 0 Å². The molecule has 0 fully saturated rings. The zero-order valence-electron chi connectivity index (χ0n) is 15.6. The van der Waals surface area contributed by atoms with Crippen molar-refractivity contribution in [3.63, 3.8) is 0 Å². The zero-order valence-corrected chi connectivity index (χ0v) is 17.1. The van der Waals surface area contributed by atoms with Crippen LogP contribution < -0.4 is 20.1 Å². The molecule has 1 aliphatic rings. The predicted octanol–water partition coefficient (Wildman–Crippen LogP) is 5.64. The van der Waals surface area contributed by atoms with Crippen molar-refractivity contribution in [2.24, 2.45) is 0 Å². The first kappa shape index (κ1) is 20.1. The Balaban J connectivity index is 1.64. The van der Waals surface area contributed by atoms with Crippen LogP contribution in [0.15, 0.2) is 60.7 Å². The summed E-state index contributed by atoms with van der Waals surface area (Å²) >= 11 is 11.8. The number of urea groups is 1. The van der Waals surface area contributed by atoms with Gasteiger partial charge >= 0.3 is 6.03 Å². The number of anilines is 2. The van der Waals surface area contributed by atoms with Crippen LogP contribution in [-0.4, -0.2) is 25.0 Å². The lowest BCUT2D eigenvalue weighted by Gasteiger charge is -2.21. The first-order chi connectivity index (χ1) is 14.5. The minimum atomic E-state index is -0.515. The molecule has 152 valence electrons. The van der Waals surface area contributed by atoms with Gasteiger partial charge in [0.25, 0.3) is 0 Å². The molecule has 0 unspecified atom stereocenters. The second-order valence-electron chi connectivity index (χ2n) is 6.46. The Bertz CT molecular complexity index is 1100. The van der Waals surface area contributed by atoms with Crippen LogP contribution in [0.5, 0.6) is 11.5 Å². The molecule has 0 aliphatic carbocycles. The van der Waals surface area contributed by atoms with E-state index < -0.39 is 6.03 Å². The molecule has 0 saturated heterocycles. The number of carbonyl (C=O) groups excluding carboxylic acids is 2. The molecule has 30 heavy (non-hydrogen) atoms. The quantitative estimate of drug-likeness (QED) is 0.512. The summed E-state index contributed by atoms with van der Waals surface area (Å²) in [4.78, 5) is 25.7. The van der Waals surface area contributed by atoms with Crippen molar-refractivity contribution in [1.82, 2.24) is 0 Å². The molecule has 0 radical (unpaired) electrons.